The lowest BCUT2D eigenvalue weighted by molar-refractivity contribution is 0.0700. The van der Waals surface area contributed by atoms with Gasteiger partial charge in [-0.25, -0.2) is 0 Å². The fourth-order valence-electron chi connectivity index (χ4n) is 3.51. The number of amides is 1. The van der Waals surface area contributed by atoms with Gasteiger partial charge in [0.05, 0.1) is 6.54 Å². The van der Waals surface area contributed by atoms with Crippen LogP contribution in [0.15, 0.2) is 36.4 Å². The number of rotatable bonds is 4. The third-order valence-electron chi connectivity index (χ3n) is 5.22. The molecule has 0 spiro atoms. The molecule has 0 saturated carbocycles. The summed E-state index contributed by atoms with van der Waals surface area (Å²) < 4.78 is 4.04. The number of aryl methyl sites for hydroxylation is 1. The number of carbonyl (C=O) groups is 1. The zero-order chi connectivity index (χ0) is 19.0. The van der Waals surface area contributed by atoms with Crippen LogP contribution in [0.5, 0.6) is 0 Å². The molecular weight excluding hydrogens is 340 g/mol. The van der Waals surface area contributed by atoms with Gasteiger partial charge in [0.2, 0.25) is 0 Å². The molecule has 1 aromatic carbocycles. The fraction of sp³-hybridized carbons (Fsp3) is 0.400. The number of nitrogens with zero attached hydrogens (tertiary/aromatic N) is 6. The van der Waals surface area contributed by atoms with Crippen molar-refractivity contribution < 1.29 is 4.79 Å². The Labute approximate surface area is 158 Å². The molecule has 0 radical (unpaired) electrons. The van der Waals surface area contributed by atoms with Gasteiger partial charge in [0, 0.05) is 30.4 Å². The van der Waals surface area contributed by atoms with Gasteiger partial charge < -0.3 is 9.47 Å². The van der Waals surface area contributed by atoms with Gasteiger partial charge in [-0.1, -0.05) is 37.3 Å². The molecule has 1 aliphatic rings. The zero-order valence-corrected chi connectivity index (χ0v) is 16.0. The van der Waals surface area contributed by atoms with Gasteiger partial charge in [0.1, 0.15) is 0 Å². The third-order valence-corrected chi connectivity index (χ3v) is 5.22. The minimum Gasteiger partial charge on any atom is -0.328 e. The average Bonchev–Trinajstić information content (AvgIpc) is 3.30. The Kier molecular flexibility index (Phi) is 4.51. The average molecular weight is 364 g/mol. The van der Waals surface area contributed by atoms with Crippen molar-refractivity contribution in [1.82, 2.24) is 29.4 Å². The molecule has 0 N–H and O–H groups in total. The van der Waals surface area contributed by atoms with Crippen molar-refractivity contribution in [3.8, 4) is 11.4 Å². The van der Waals surface area contributed by atoms with Crippen LogP contribution in [0.1, 0.15) is 48.3 Å². The molecule has 3 aromatic rings. The number of hydrogen-bond donors (Lipinski definition) is 0. The Bertz CT molecular complexity index is 958. The van der Waals surface area contributed by atoms with E-state index in [4.69, 9.17) is 0 Å². The third kappa shape index (κ3) is 3.13. The summed E-state index contributed by atoms with van der Waals surface area (Å²) >= 11 is 0. The highest BCUT2D eigenvalue weighted by atomic mass is 16.2. The summed E-state index contributed by atoms with van der Waals surface area (Å²) in [6.45, 7) is 7.99. The molecule has 1 unspecified atom stereocenters. The van der Waals surface area contributed by atoms with Gasteiger partial charge in [-0.05, 0) is 26.3 Å². The van der Waals surface area contributed by atoms with Crippen LogP contribution in [-0.2, 0) is 13.1 Å². The van der Waals surface area contributed by atoms with E-state index in [1.807, 2.05) is 52.9 Å². The Morgan fingerprint density at radius 3 is 2.70 bits per heavy atom. The van der Waals surface area contributed by atoms with Crippen molar-refractivity contribution in [3.05, 3.63) is 53.6 Å². The largest absolute Gasteiger partial charge is 0.328 e. The Morgan fingerprint density at radius 1 is 1.19 bits per heavy atom. The van der Waals surface area contributed by atoms with Crippen molar-refractivity contribution >= 4 is 5.91 Å². The van der Waals surface area contributed by atoms with Gasteiger partial charge in [0.15, 0.2) is 17.3 Å². The van der Waals surface area contributed by atoms with Gasteiger partial charge in [-0.15, -0.1) is 10.2 Å². The van der Waals surface area contributed by atoms with Crippen LogP contribution in [0.2, 0.25) is 0 Å². The topological polar surface area (TPSA) is 68.8 Å². The quantitative estimate of drug-likeness (QED) is 0.713. The summed E-state index contributed by atoms with van der Waals surface area (Å²) in [7, 11) is 0. The lowest BCUT2D eigenvalue weighted by Gasteiger charge is -2.27. The first-order valence-corrected chi connectivity index (χ1v) is 9.41. The minimum absolute atomic E-state index is 0.0457. The maximum absolute atomic E-state index is 13.0. The van der Waals surface area contributed by atoms with Gasteiger partial charge >= 0.3 is 0 Å². The molecular formula is C20H24N6O. The van der Waals surface area contributed by atoms with Crippen LogP contribution in [0.25, 0.3) is 11.4 Å². The molecule has 4 rings (SSSR count). The van der Waals surface area contributed by atoms with Crippen molar-refractivity contribution in [2.45, 2.75) is 46.3 Å². The van der Waals surface area contributed by atoms with Crippen LogP contribution in [0.4, 0.5) is 0 Å². The number of aromatic nitrogens is 5. The molecule has 1 amide bonds. The van der Waals surface area contributed by atoms with Gasteiger partial charge in [-0.2, -0.15) is 5.10 Å². The summed E-state index contributed by atoms with van der Waals surface area (Å²) in [5.74, 6) is 1.62. The Balaban J connectivity index is 1.55. The highest BCUT2D eigenvalue weighted by Gasteiger charge is 2.27. The van der Waals surface area contributed by atoms with E-state index >= 15 is 0 Å². The summed E-state index contributed by atoms with van der Waals surface area (Å²) in [4.78, 5) is 14.8. The molecule has 1 atom stereocenters. The first-order chi connectivity index (χ1) is 13.1. The molecule has 1 aliphatic heterocycles. The van der Waals surface area contributed by atoms with Crippen LogP contribution < -0.4 is 0 Å². The summed E-state index contributed by atoms with van der Waals surface area (Å²) in [5, 5.41) is 13.2. The van der Waals surface area contributed by atoms with E-state index < -0.39 is 0 Å². The van der Waals surface area contributed by atoms with E-state index in [9.17, 15) is 4.79 Å². The maximum Gasteiger partial charge on any atom is 0.274 e. The molecule has 27 heavy (non-hydrogen) atoms. The fourth-order valence-corrected chi connectivity index (χ4v) is 3.51. The Hall–Kier alpha value is -2.96. The molecule has 0 bridgehead atoms. The SMILES string of the molecule is CCC(C)n1nc(C(=O)N2CCn3c(nnc3-c3ccccc3)C2)cc1C. The number of carbonyl (C=O) groups excluding carboxylic acids is 1. The highest BCUT2D eigenvalue weighted by molar-refractivity contribution is 5.92. The van der Waals surface area contributed by atoms with E-state index in [1.54, 1.807) is 0 Å². The second-order valence-corrected chi connectivity index (χ2v) is 7.06. The first kappa shape index (κ1) is 17.5. The molecule has 0 saturated heterocycles. The monoisotopic (exact) mass is 364 g/mol. The number of hydrogen-bond acceptors (Lipinski definition) is 4. The lowest BCUT2D eigenvalue weighted by atomic mass is 10.2. The summed E-state index contributed by atoms with van der Waals surface area (Å²) in [6.07, 6.45) is 0.977. The lowest BCUT2D eigenvalue weighted by Crippen LogP contribution is -2.38. The normalized spacial score (nSPS) is 14.9. The van der Waals surface area contributed by atoms with Crippen molar-refractivity contribution in [2.75, 3.05) is 6.54 Å². The predicted octanol–water partition coefficient (Wildman–Crippen LogP) is 3.08. The van der Waals surface area contributed by atoms with E-state index in [0.29, 0.717) is 25.3 Å². The van der Waals surface area contributed by atoms with Crippen molar-refractivity contribution in [2.24, 2.45) is 0 Å². The van der Waals surface area contributed by atoms with Crippen molar-refractivity contribution in [1.29, 1.82) is 0 Å². The van der Waals surface area contributed by atoms with E-state index in [-0.39, 0.29) is 11.9 Å². The molecule has 2 aromatic heterocycles. The van der Waals surface area contributed by atoms with E-state index in [2.05, 4.69) is 33.7 Å². The summed E-state index contributed by atoms with van der Waals surface area (Å²) in [5.41, 5.74) is 2.56. The highest BCUT2D eigenvalue weighted by Crippen LogP contribution is 2.23. The smallest absolute Gasteiger partial charge is 0.274 e. The van der Waals surface area contributed by atoms with Crippen LogP contribution in [-0.4, -0.2) is 41.9 Å². The minimum atomic E-state index is -0.0457. The number of benzene rings is 1. The first-order valence-electron chi connectivity index (χ1n) is 9.41. The summed E-state index contributed by atoms with van der Waals surface area (Å²) in [6, 6.07) is 12.2. The van der Waals surface area contributed by atoms with Gasteiger partial charge in [-0.3, -0.25) is 9.48 Å². The van der Waals surface area contributed by atoms with Crippen molar-refractivity contribution in [3.63, 3.8) is 0 Å². The molecule has 7 nitrogen and oxygen atoms in total. The maximum atomic E-state index is 13.0. The van der Waals surface area contributed by atoms with Crippen LogP contribution in [0, 0.1) is 6.92 Å². The van der Waals surface area contributed by atoms with E-state index in [1.165, 1.54) is 0 Å². The molecule has 3 heterocycles. The standard InChI is InChI=1S/C20H24N6O/c1-4-14(2)26-15(3)12-17(23-26)20(27)24-10-11-25-18(13-24)21-22-19(25)16-8-6-5-7-9-16/h5-9,12,14H,4,10-11,13H2,1-3H3. The van der Waals surface area contributed by atoms with Gasteiger partial charge in [0.25, 0.3) is 5.91 Å². The van der Waals surface area contributed by atoms with Crippen LogP contribution >= 0.6 is 0 Å². The zero-order valence-electron chi connectivity index (χ0n) is 16.0. The molecule has 0 aliphatic carbocycles. The van der Waals surface area contributed by atoms with Crippen LogP contribution in [0.3, 0.4) is 0 Å². The Morgan fingerprint density at radius 2 is 1.96 bits per heavy atom. The van der Waals surface area contributed by atoms with E-state index in [0.717, 1.165) is 29.3 Å². The number of fused-ring (bicyclic) bond motifs is 1. The second-order valence-electron chi connectivity index (χ2n) is 7.06. The molecule has 7 heteroatoms. The predicted molar refractivity (Wildman–Crippen MR) is 102 cm³/mol. The molecule has 140 valence electrons. The molecule has 0 fully saturated rings. The second kappa shape index (κ2) is 6.98.